The van der Waals surface area contributed by atoms with Crippen LogP contribution in [0.5, 0.6) is 0 Å². The number of anilines is 1. The van der Waals surface area contributed by atoms with Gasteiger partial charge in [0.1, 0.15) is 5.03 Å². The van der Waals surface area contributed by atoms with Gasteiger partial charge in [0.15, 0.2) is 6.10 Å². The van der Waals surface area contributed by atoms with E-state index in [0.29, 0.717) is 5.03 Å². The van der Waals surface area contributed by atoms with Gasteiger partial charge in [-0.1, -0.05) is 36.0 Å². The minimum Gasteiger partial charge on any atom is -0.449 e. The molecule has 3 rings (SSSR count). The minimum absolute atomic E-state index is 0.145. The number of sulfonamides is 1. The fraction of sp³-hybridized carbons (Fsp3) is 0.0952. The van der Waals surface area contributed by atoms with E-state index in [-0.39, 0.29) is 16.1 Å². The molecule has 0 saturated heterocycles. The van der Waals surface area contributed by atoms with Gasteiger partial charge in [-0.2, -0.15) is 0 Å². The van der Waals surface area contributed by atoms with Crippen molar-refractivity contribution in [2.75, 3.05) is 5.32 Å². The second-order valence-corrected chi connectivity index (χ2v) is 9.00. The van der Waals surface area contributed by atoms with Crippen molar-refractivity contribution < 1.29 is 22.7 Å². The molecule has 10 heteroatoms. The molecule has 3 aromatic rings. The molecule has 0 bridgehead atoms. The highest BCUT2D eigenvalue weighted by molar-refractivity contribution is 7.99. The van der Waals surface area contributed by atoms with Crippen LogP contribution in [0, 0.1) is 0 Å². The molecule has 8 nitrogen and oxygen atoms in total. The van der Waals surface area contributed by atoms with Crippen LogP contribution >= 0.6 is 11.8 Å². The van der Waals surface area contributed by atoms with Crippen molar-refractivity contribution in [2.24, 2.45) is 5.14 Å². The van der Waals surface area contributed by atoms with Gasteiger partial charge in [-0.25, -0.2) is 23.3 Å². The van der Waals surface area contributed by atoms with Crippen molar-refractivity contribution in [3.05, 3.63) is 78.5 Å². The number of rotatable bonds is 7. The Morgan fingerprint density at radius 3 is 2.52 bits per heavy atom. The second kappa shape index (κ2) is 9.73. The topological polar surface area (TPSA) is 128 Å². The Balaban J connectivity index is 1.69. The summed E-state index contributed by atoms with van der Waals surface area (Å²) in [5.74, 6) is -1.33. The van der Waals surface area contributed by atoms with Crippen LogP contribution in [0.3, 0.4) is 0 Å². The predicted octanol–water partition coefficient (Wildman–Crippen LogP) is 3.06. The van der Waals surface area contributed by atoms with E-state index in [1.807, 2.05) is 30.3 Å². The molecule has 2 aromatic carbocycles. The standard InChI is InChI=1S/C21H19N3O5S2/c1-14(19(25)24-15-7-5-10-17(13-15)31(22,27)28)29-21(26)18-11-6-12-23-20(18)30-16-8-3-2-4-9-16/h2-14H,1H3,(H,24,25)(H2,22,27,28). The summed E-state index contributed by atoms with van der Waals surface area (Å²) in [4.78, 5) is 30.1. The van der Waals surface area contributed by atoms with E-state index in [1.165, 1.54) is 43.0 Å². The number of esters is 1. The molecule has 0 spiro atoms. The lowest BCUT2D eigenvalue weighted by Gasteiger charge is -2.15. The highest BCUT2D eigenvalue weighted by atomic mass is 32.2. The van der Waals surface area contributed by atoms with Crippen LogP contribution in [0.1, 0.15) is 17.3 Å². The SMILES string of the molecule is CC(OC(=O)c1cccnc1Sc1ccccc1)C(=O)Nc1cccc(S(N)(=O)=O)c1. The van der Waals surface area contributed by atoms with Crippen molar-refractivity contribution in [3.63, 3.8) is 0 Å². The van der Waals surface area contributed by atoms with Gasteiger partial charge in [0.05, 0.1) is 10.5 Å². The molecule has 0 aliphatic heterocycles. The highest BCUT2D eigenvalue weighted by Gasteiger charge is 2.22. The molecule has 1 unspecified atom stereocenters. The molecular weight excluding hydrogens is 438 g/mol. The number of benzene rings is 2. The van der Waals surface area contributed by atoms with E-state index < -0.39 is 28.0 Å². The zero-order valence-corrected chi connectivity index (χ0v) is 18.0. The molecule has 160 valence electrons. The highest BCUT2D eigenvalue weighted by Crippen LogP contribution is 2.28. The molecule has 1 atom stereocenters. The quantitative estimate of drug-likeness (QED) is 0.522. The summed E-state index contributed by atoms with van der Waals surface area (Å²) in [6.45, 7) is 1.41. The number of carbonyl (C=O) groups excluding carboxylic acids is 2. The first-order chi connectivity index (χ1) is 14.7. The van der Waals surface area contributed by atoms with Gasteiger partial charge in [-0.05, 0) is 49.4 Å². The van der Waals surface area contributed by atoms with Crippen molar-refractivity contribution in [3.8, 4) is 0 Å². The third-order valence-electron chi connectivity index (χ3n) is 4.03. The van der Waals surface area contributed by atoms with Crippen LogP contribution in [-0.2, 0) is 19.6 Å². The van der Waals surface area contributed by atoms with E-state index in [4.69, 9.17) is 9.88 Å². The Morgan fingerprint density at radius 2 is 1.81 bits per heavy atom. The maximum atomic E-state index is 12.7. The van der Waals surface area contributed by atoms with Gasteiger partial charge >= 0.3 is 5.97 Å². The molecule has 0 fully saturated rings. The van der Waals surface area contributed by atoms with Gasteiger partial charge in [-0.3, -0.25) is 4.79 Å². The largest absolute Gasteiger partial charge is 0.449 e. The molecule has 0 radical (unpaired) electrons. The molecular formula is C21H19N3O5S2. The first kappa shape index (κ1) is 22.5. The van der Waals surface area contributed by atoms with Gasteiger partial charge in [0.2, 0.25) is 10.0 Å². The molecule has 31 heavy (non-hydrogen) atoms. The van der Waals surface area contributed by atoms with Gasteiger partial charge in [0, 0.05) is 16.8 Å². The second-order valence-electron chi connectivity index (χ2n) is 6.38. The Bertz CT molecular complexity index is 1200. The Hall–Kier alpha value is -3.21. The number of pyridine rings is 1. The summed E-state index contributed by atoms with van der Waals surface area (Å²) in [5.41, 5.74) is 0.438. The Kier molecular flexibility index (Phi) is 7.06. The number of nitrogens with two attached hydrogens (primary N) is 1. The van der Waals surface area contributed by atoms with E-state index >= 15 is 0 Å². The molecule has 1 aromatic heterocycles. The van der Waals surface area contributed by atoms with Crippen LogP contribution in [0.25, 0.3) is 0 Å². The van der Waals surface area contributed by atoms with E-state index in [1.54, 1.807) is 18.3 Å². The normalized spacial score (nSPS) is 12.1. The maximum absolute atomic E-state index is 12.7. The number of aromatic nitrogens is 1. The monoisotopic (exact) mass is 457 g/mol. The maximum Gasteiger partial charge on any atom is 0.341 e. The molecule has 1 heterocycles. The summed E-state index contributed by atoms with van der Waals surface area (Å²) in [7, 11) is -3.91. The lowest BCUT2D eigenvalue weighted by Crippen LogP contribution is -2.30. The van der Waals surface area contributed by atoms with Crippen LogP contribution in [0.2, 0.25) is 0 Å². The summed E-state index contributed by atoms with van der Waals surface area (Å²) >= 11 is 1.30. The number of hydrogen-bond donors (Lipinski definition) is 2. The third-order valence-corrected chi connectivity index (χ3v) is 5.97. The van der Waals surface area contributed by atoms with Crippen LogP contribution in [0.15, 0.2) is 87.7 Å². The first-order valence-electron chi connectivity index (χ1n) is 9.06. The van der Waals surface area contributed by atoms with Crippen LogP contribution in [0.4, 0.5) is 5.69 Å². The zero-order valence-electron chi connectivity index (χ0n) is 16.4. The van der Waals surface area contributed by atoms with Gasteiger partial charge < -0.3 is 10.1 Å². The lowest BCUT2D eigenvalue weighted by molar-refractivity contribution is -0.123. The van der Waals surface area contributed by atoms with E-state index in [0.717, 1.165) is 4.90 Å². The number of primary sulfonamides is 1. The van der Waals surface area contributed by atoms with Crippen molar-refractivity contribution >= 4 is 39.3 Å². The number of carbonyl (C=O) groups is 2. The van der Waals surface area contributed by atoms with E-state index in [9.17, 15) is 18.0 Å². The minimum atomic E-state index is -3.91. The van der Waals surface area contributed by atoms with Crippen molar-refractivity contribution in [2.45, 2.75) is 27.8 Å². The van der Waals surface area contributed by atoms with Crippen LogP contribution < -0.4 is 10.5 Å². The van der Waals surface area contributed by atoms with Gasteiger partial charge in [0.25, 0.3) is 5.91 Å². The average molecular weight is 458 g/mol. The van der Waals surface area contributed by atoms with Gasteiger partial charge in [-0.15, -0.1) is 0 Å². The Morgan fingerprint density at radius 1 is 1.06 bits per heavy atom. The van der Waals surface area contributed by atoms with Crippen LogP contribution in [-0.4, -0.2) is 31.4 Å². The van der Waals surface area contributed by atoms with Crippen molar-refractivity contribution in [1.82, 2.24) is 4.98 Å². The third kappa shape index (κ3) is 6.14. The smallest absolute Gasteiger partial charge is 0.341 e. The number of ether oxygens (including phenoxy) is 1. The number of hydrogen-bond acceptors (Lipinski definition) is 7. The summed E-state index contributed by atoms with van der Waals surface area (Å²) in [6.07, 6.45) is 0.428. The molecule has 0 aliphatic carbocycles. The predicted molar refractivity (Wildman–Crippen MR) is 116 cm³/mol. The fourth-order valence-electron chi connectivity index (χ4n) is 2.50. The summed E-state index contributed by atoms with van der Waals surface area (Å²) in [5, 5.41) is 8.06. The fourth-order valence-corrected chi connectivity index (χ4v) is 3.95. The van der Waals surface area contributed by atoms with E-state index in [2.05, 4.69) is 10.3 Å². The number of nitrogens with zero attached hydrogens (tertiary/aromatic N) is 1. The average Bonchev–Trinajstić information content (AvgIpc) is 2.74. The number of nitrogens with one attached hydrogen (secondary N) is 1. The summed E-state index contributed by atoms with van der Waals surface area (Å²) in [6, 6.07) is 18.1. The zero-order chi connectivity index (χ0) is 22.4. The Labute approximate surface area is 183 Å². The molecule has 1 amide bonds. The lowest BCUT2D eigenvalue weighted by atomic mass is 10.2. The molecule has 3 N–H and O–H groups in total. The summed E-state index contributed by atoms with van der Waals surface area (Å²) < 4.78 is 28.2. The van der Waals surface area contributed by atoms with Crippen molar-refractivity contribution in [1.29, 1.82) is 0 Å². The first-order valence-corrected chi connectivity index (χ1v) is 11.4. The molecule has 0 saturated carbocycles. The number of amides is 1. The molecule has 0 aliphatic rings.